The summed E-state index contributed by atoms with van der Waals surface area (Å²) in [7, 11) is 0. The molecule has 1 aromatic rings. The number of alkyl halides is 1. The Hall–Kier alpha value is -1.02. The molecule has 0 unspecified atom stereocenters. The van der Waals surface area contributed by atoms with Crippen LogP contribution in [-0.2, 0) is 11.2 Å². The number of carbonyl (C=O) groups excluding carboxylic acids is 1. The van der Waals surface area contributed by atoms with Crippen LogP contribution in [0.2, 0.25) is 0 Å². The Morgan fingerprint density at radius 2 is 2.21 bits per heavy atom. The van der Waals surface area contributed by atoms with Crippen molar-refractivity contribution in [3.63, 3.8) is 0 Å². The molecule has 74 valence electrons. The van der Waals surface area contributed by atoms with E-state index in [0.29, 0.717) is 0 Å². The minimum absolute atomic E-state index is 0.0199. The Morgan fingerprint density at radius 1 is 1.50 bits per heavy atom. The molecular weight excluding hydrogens is 198 g/mol. The molecule has 3 heteroatoms. The minimum atomic E-state index is -0.0879. The van der Waals surface area contributed by atoms with Gasteiger partial charge in [0.25, 0.3) is 0 Å². The minimum Gasteiger partial charge on any atom is -0.351 e. The van der Waals surface area contributed by atoms with Crippen LogP contribution in [0.4, 0.5) is 0 Å². The Kier molecular flexibility index (Phi) is 2.46. The van der Waals surface area contributed by atoms with Crippen LogP contribution in [0, 0.1) is 0 Å². The molecule has 0 saturated heterocycles. The van der Waals surface area contributed by atoms with Gasteiger partial charge in [-0.3, -0.25) is 4.79 Å². The van der Waals surface area contributed by atoms with Gasteiger partial charge in [-0.2, -0.15) is 0 Å². The molecule has 1 amide bonds. The molecule has 1 N–H and O–H groups in total. The Morgan fingerprint density at radius 3 is 2.86 bits per heavy atom. The van der Waals surface area contributed by atoms with E-state index in [4.69, 9.17) is 11.6 Å². The number of fused-ring (bicyclic) bond motifs is 1. The third kappa shape index (κ3) is 1.62. The monoisotopic (exact) mass is 209 g/mol. The van der Waals surface area contributed by atoms with Gasteiger partial charge in [0.2, 0.25) is 5.91 Å². The summed E-state index contributed by atoms with van der Waals surface area (Å²) in [6.07, 6.45) is 0.837. The number of halogens is 1. The number of hydrogen-bond acceptors (Lipinski definition) is 1. The molecule has 14 heavy (non-hydrogen) atoms. The van der Waals surface area contributed by atoms with E-state index >= 15 is 0 Å². The SMILES string of the molecule is CC(=O)N[C@H]1Cc2ccccc2[C@H]1Cl. The highest BCUT2D eigenvalue weighted by Gasteiger charge is 2.30. The van der Waals surface area contributed by atoms with Gasteiger partial charge in [0.1, 0.15) is 0 Å². The predicted molar refractivity (Wildman–Crippen MR) is 56.3 cm³/mol. The van der Waals surface area contributed by atoms with Crippen molar-refractivity contribution in [3.05, 3.63) is 35.4 Å². The van der Waals surface area contributed by atoms with Crippen LogP contribution < -0.4 is 5.32 Å². The molecule has 1 aromatic carbocycles. The fourth-order valence-corrected chi connectivity index (χ4v) is 2.30. The van der Waals surface area contributed by atoms with Gasteiger partial charge >= 0.3 is 0 Å². The van der Waals surface area contributed by atoms with Crippen molar-refractivity contribution in [1.29, 1.82) is 0 Å². The van der Waals surface area contributed by atoms with Gasteiger partial charge in [-0.25, -0.2) is 0 Å². The lowest BCUT2D eigenvalue weighted by Gasteiger charge is -2.14. The first-order chi connectivity index (χ1) is 6.68. The topological polar surface area (TPSA) is 29.1 Å². The summed E-state index contributed by atoms with van der Waals surface area (Å²) in [5, 5.41) is 2.78. The lowest BCUT2D eigenvalue weighted by molar-refractivity contribution is -0.119. The van der Waals surface area contributed by atoms with E-state index in [-0.39, 0.29) is 17.3 Å². The molecule has 0 saturated carbocycles. The van der Waals surface area contributed by atoms with Gasteiger partial charge in [0, 0.05) is 6.92 Å². The molecule has 0 aromatic heterocycles. The van der Waals surface area contributed by atoms with Crippen molar-refractivity contribution in [3.8, 4) is 0 Å². The van der Waals surface area contributed by atoms with Crippen LogP contribution in [0.1, 0.15) is 23.4 Å². The van der Waals surface area contributed by atoms with Gasteiger partial charge in [0.15, 0.2) is 0 Å². The third-order valence-corrected chi connectivity index (χ3v) is 3.07. The summed E-state index contributed by atoms with van der Waals surface area (Å²) in [5.74, 6) is -0.0199. The highest BCUT2D eigenvalue weighted by Crippen LogP contribution is 2.35. The average molecular weight is 210 g/mol. The quantitative estimate of drug-likeness (QED) is 0.705. The van der Waals surface area contributed by atoms with Gasteiger partial charge in [-0.1, -0.05) is 24.3 Å². The summed E-state index contributed by atoms with van der Waals surface area (Å²) in [6, 6.07) is 8.11. The number of carbonyl (C=O) groups is 1. The van der Waals surface area contributed by atoms with E-state index in [1.54, 1.807) is 0 Å². The highest BCUT2D eigenvalue weighted by molar-refractivity contribution is 6.21. The fraction of sp³-hybridized carbons (Fsp3) is 0.364. The molecular formula is C11H12ClNO. The normalized spacial score (nSPS) is 24.4. The van der Waals surface area contributed by atoms with Gasteiger partial charge in [0.05, 0.1) is 11.4 Å². The van der Waals surface area contributed by atoms with Gasteiger partial charge in [-0.05, 0) is 17.5 Å². The zero-order valence-electron chi connectivity index (χ0n) is 7.96. The van der Waals surface area contributed by atoms with Crippen molar-refractivity contribution < 1.29 is 4.79 Å². The number of nitrogens with one attached hydrogen (secondary N) is 1. The Balaban J connectivity index is 2.21. The van der Waals surface area contributed by atoms with Crippen LogP contribution in [0.3, 0.4) is 0 Å². The van der Waals surface area contributed by atoms with E-state index in [0.717, 1.165) is 12.0 Å². The van der Waals surface area contributed by atoms with Gasteiger partial charge < -0.3 is 5.32 Å². The predicted octanol–water partition coefficient (Wildman–Crippen LogP) is 2.03. The zero-order chi connectivity index (χ0) is 10.1. The molecule has 0 spiro atoms. The van der Waals surface area contributed by atoms with Crippen LogP contribution in [0.5, 0.6) is 0 Å². The second kappa shape index (κ2) is 3.62. The zero-order valence-corrected chi connectivity index (χ0v) is 8.71. The molecule has 1 aliphatic carbocycles. The molecule has 0 heterocycles. The first kappa shape index (κ1) is 9.53. The molecule has 0 fully saturated rings. The van der Waals surface area contributed by atoms with E-state index in [9.17, 15) is 4.79 Å². The van der Waals surface area contributed by atoms with Crippen LogP contribution in [0.15, 0.2) is 24.3 Å². The van der Waals surface area contributed by atoms with E-state index < -0.39 is 0 Å². The molecule has 0 aliphatic heterocycles. The average Bonchev–Trinajstić information content (AvgIpc) is 2.44. The maximum absolute atomic E-state index is 10.9. The number of benzene rings is 1. The number of amides is 1. The van der Waals surface area contributed by atoms with Crippen LogP contribution >= 0.6 is 11.6 Å². The van der Waals surface area contributed by atoms with E-state index in [1.807, 2.05) is 18.2 Å². The van der Waals surface area contributed by atoms with Crippen LogP contribution in [0.25, 0.3) is 0 Å². The van der Waals surface area contributed by atoms with Crippen LogP contribution in [-0.4, -0.2) is 11.9 Å². The first-order valence-corrected chi connectivity index (χ1v) is 5.11. The lowest BCUT2D eigenvalue weighted by atomic mass is 10.1. The second-order valence-electron chi connectivity index (χ2n) is 3.61. The molecule has 0 bridgehead atoms. The second-order valence-corrected chi connectivity index (χ2v) is 4.08. The number of rotatable bonds is 1. The summed E-state index contributed by atoms with van der Waals surface area (Å²) in [5.41, 5.74) is 2.39. The largest absolute Gasteiger partial charge is 0.351 e. The summed E-state index contributed by atoms with van der Waals surface area (Å²) in [4.78, 5) is 10.9. The van der Waals surface area contributed by atoms with Crippen molar-refractivity contribution in [1.82, 2.24) is 5.32 Å². The fourth-order valence-electron chi connectivity index (χ4n) is 1.93. The Labute approximate surface area is 88.3 Å². The molecule has 2 nitrogen and oxygen atoms in total. The van der Waals surface area contributed by atoms with Crippen molar-refractivity contribution in [2.75, 3.05) is 0 Å². The number of hydrogen-bond donors (Lipinski definition) is 1. The maximum Gasteiger partial charge on any atom is 0.217 e. The standard InChI is InChI=1S/C11H12ClNO/c1-7(14)13-10-6-8-4-2-3-5-9(8)11(10)12/h2-5,10-11H,6H2,1H3,(H,13,14)/t10-,11+/m0/s1. The molecule has 0 radical (unpaired) electrons. The first-order valence-electron chi connectivity index (χ1n) is 4.67. The Bertz CT molecular complexity index is 364. The summed E-state index contributed by atoms with van der Waals surface area (Å²) >= 11 is 6.24. The highest BCUT2D eigenvalue weighted by atomic mass is 35.5. The third-order valence-electron chi connectivity index (χ3n) is 2.53. The molecule has 2 rings (SSSR count). The van der Waals surface area contributed by atoms with Gasteiger partial charge in [-0.15, -0.1) is 11.6 Å². The molecule has 1 aliphatic rings. The van der Waals surface area contributed by atoms with Crippen molar-refractivity contribution in [2.24, 2.45) is 0 Å². The van der Waals surface area contributed by atoms with Crippen molar-refractivity contribution in [2.45, 2.75) is 24.8 Å². The molecule has 2 atom stereocenters. The smallest absolute Gasteiger partial charge is 0.217 e. The summed E-state index contributed by atoms with van der Waals surface area (Å²) < 4.78 is 0. The maximum atomic E-state index is 10.9. The summed E-state index contributed by atoms with van der Waals surface area (Å²) in [6.45, 7) is 1.52. The van der Waals surface area contributed by atoms with E-state index in [2.05, 4.69) is 11.4 Å². The van der Waals surface area contributed by atoms with Crippen molar-refractivity contribution >= 4 is 17.5 Å². The lowest BCUT2D eigenvalue weighted by Crippen LogP contribution is -2.34. The van der Waals surface area contributed by atoms with E-state index in [1.165, 1.54) is 12.5 Å².